The normalized spacial score (nSPS) is 12.9. The molecule has 2 rings (SSSR count). The van der Waals surface area contributed by atoms with Gasteiger partial charge in [0.2, 0.25) is 0 Å². The first kappa shape index (κ1) is 16.0. The van der Waals surface area contributed by atoms with Crippen molar-refractivity contribution in [2.24, 2.45) is 0 Å². The summed E-state index contributed by atoms with van der Waals surface area (Å²) < 4.78 is 25.8. The van der Waals surface area contributed by atoms with Crippen LogP contribution in [0, 0.1) is 13.8 Å². The van der Waals surface area contributed by atoms with Gasteiger partial charge in [-0.2, -0.15) is 0 Å². The molecule has 1 heterocycles. The van der Waals surface area contributed by atoms with E-state index >= 15 is 0 Å². The zero-order chi connectivity index (χ0) is 15.4. The maximum atomic E-state index is 12.9. The summed E-state index contributed by atoms with van der Waals surface area (Å²) in [5, 5.41) is 4.35. The van der Waals surface area contributed by atoms with Crippen LogP contribution in [0.5, 0.6) is 0 Å². The molecule has 1 atom stereocenters. The fourth-order valence-electron chi connectivity index (χ4n) is 2.13. The Bertz CT molecular complexity index is 576. The van der Waals surface area contributed by atoms with Gasteiger partial charge in [-0.1, -0.05) is 25.1 Å². The third-order valence-corrected chi connectivity index (χ3v) is 4.52. The van der Waals surface area contributed by atoms with Gasteiger partial charge < -0.3 is 5.32 Å². The zero-order valence-corrected chi connectivity index (χ0v) is 13.3. The van der Waals surface area contributed by atoms with Crippen molar-refractivity contribution in [1.29, 1.82) is 0 Å². The minimum Gasteiger partial charge on any atom is -0.304 e. The fourth-order valence-corrected chi connectivity index (χ4v) is 3.16. The van der Waals surface area contributed by atoms with Crippen LogP contribution in [0.2, 0.25) is 0 Å². The number of alkyl halides is 2. The molecular formula is C16H20F2N2S. The number of halogens is 2. The molecule has 2 aromatic rings. The van der Waals surface area contributed by atoms with Crippen molar-refractivity contribution < 1.29 is 8.78 Å². The first-order chi connectivity index (χ1) is 10.0. The standard InChI is InChI=1S/C16H20F2N2S/c1-4-8-19-14(16-20-10(2)11(3)21-16)12-6-5-7-13(9-12)15(17)18/h5-7,9,14-15,19H,4,8H2,1-3H3. The maximum absolute atomic E-state index is 12.9. The van der Waals surface area contributed by atoms with E-state index in [4.69, 9.17) is 0 Å². The Labute approximate surface area is 128 Å². The molecule has 0 aliphatic rings. The molecule has 114 valence electrons. The van der Waals surface area contributed by atoms with Crippen molar-refractivity contribution >= 4 is 11.3 Å². The highest BCUT2D eigenvalue weighted by molar-refractivity contribution is 7.11. The molecule has 0 fully saturated rings. The van der Waals surface area contributed by atoms with Gasteiger partial charge in [0.1, 0.15) is 5.01 Å². The number of aromatic nitrogens is 1. The van der Waals surface area contributed by atoms with E-state index in [-0.39, 0.29) is 11.6 Å². The summed E-state index contributed by atoms with van der Waals surface area (Å²) in [6, 6.07) is 6.48. The van der Waals surface area contributed by atoms with Crippen LogP contribution in [0.1, 0.15) is 52.5 Å². The molecule has 0 saturated carbocycles. The predicted molar refractivity (Wildman–Crippen MR) is 83.1 cm³/mol. The van der Waals surface area contributed by atoms with Gasteiger partial charge >= 0.3 is 0 Å². The molecule has 0 amide bonds. The molecule has 2 nitrogen and oxygen atoms in total. The van der Waals surface area contributed by atoms with Crippen LogP contribution in [-0.2, 0) is 0 Å². The lowest BCUT2D eigenvalue weighted by atomic mass is 10.0. The van der Waals surface area contributed by atoms with Gasteiger partial charge in [-0.15, -0.1) is 11.3 Å². The van der Waals surface area contributed by atoms with Gasteiger partial charge in [0.15, 0.2) is 0 Å². The van der Waals surface area contributed by atoms with Crippen molar-refractivity contribution in [1.82, 2.24) is 10.3 Å². The highest BCUT2D eigenvalue weighted by atomic mass is 32.1. The van der Waals surface area contributed by atoms with Gasteiger partial charge in [-0.05, 0) is 38.4 Å². The van der Waals surface area contributed by atoms with Crippen molar-refractivity contribution in [3.05, 3.63) is 51.0 Å². The quantitative estimate of drug-likeness (QED) is 0.830. The highest BCUT2D eigenvalue weighted by Gasteiger charge is 2.19. The molecule has 0 bridgehead atoms. The van der Waals surface area contributed by atoms with Crippen LogP contribution in [0.3, 0.4) is 0 Å². The van der Waals surface area contributed by atoms with Gasteiger partial charge in [0.25, 0.3) is 6.43 Å². The third-order valence-electron chi connectivity index (χ3n) is 3.39. The summed E-state index contributed by atoms with van der Waals surface area (Å²) in [6.45, 7) is 6.91. The van der Waals surface area contributed by atoms with E-state index in [9.17, 15) is 8.78 Å². The van der Waals surface area contributed by atoms with E-state index in [1.165, 1.54) is 10.9 Å². The topological polar surface area (TPSA) is 24.9 Å². The third kappa shape index (κ3) is 3.86. The van der Waals surface area contributed by atoms with Crippen molar-refractivity contribution in [2.75, 3.05) is 6.54 Å². The van der Waals surface area contributed by atoms with Crippen molar-refractivity contribution in [2.45, 2.75) is 39.7 Å². The van der Waals surface area contributed by atoms with Crippen LogP contribution in [0.15, 0.2) is 24.3 Å². The Kier molecular flexibility index (Phi) is 5.42. The number of nitrogens with zero attached hydrogens (tertiary/aromatic N) is 1. The van der Waals surface area contributed by atoms with Crippen LogP contribution in [0.25, 0.3) is 0 Å². The Hall–Kier alpha value is -1.33. The second-order valence-corrected chi connectivity index (χ2v) is 6.29. The summed E-state index contributed by atoms with van der Waals surface area (Å²) in [6.07, 6.45) is -1.47. The Morgan fingerprint density at radius 1 is 1.24 bits per heavy atom. The summed E-state index contributed by atoms with van der Waals surface area (Å²) in [5.74, 6) is 0. The molecule has 1 aromatic heterocycles. The smallest absolute Gasteiger partial charge is 0.263 e. The largest absolute Gasteiger partial charge is 0.304 e. The van der Waals surface area contributed by atoms with Crippen LogP contribution >= 0.6 is 11.3 Å². The number of rotatable bonds is 6. The lowest BCUT2D eigenvalue weighted by Gasteiger charge is -2.17. The van der Waals surface area contributed by atoms with E-state index < -0.39 is 6.43 Å². The van der Waals surface area contributed by atoms with Gasteiger partial charge in [-0.3, -0.25) is 0 Å². The van der Waals surface area contributed by atoms with Crippen molar-refractivity contribution in [3.63, 3.8) is 0 Å². The van der Waals surface area contributed by atoms with Gasteiger partial charge in [0.05, 0.1) is 11.7 Å². The summed E-state index contributed by atoms with van der Waals surface area (Å²) >= 11 is 1.62. The van der Waals surface area contributed by atoms with E-state index in [1.807, 2.05) is 19.9 Å². The number of thiazole rings is 1. The van der Waals surface area contributed by atoms with E-state index in [0.717, 1.165) is 29.2 Å². The summed E-state index contributed by atoms with van der Waals surface area (Å²) in [5.41, 5.74) is 1.90. The molecule has 0 aliphatic heterocycles. The first-order valence-corrected chi connectivity index (χ1v) is 7.90. The first-order valence-electron chi connectivity index (χ1n) is 7.08. The summed E-state index contributed by atoms with van der Waals surface area (Å²) in [7, 11) is 0. The zero-order valence-electron chi connectivity index (χ0n) is 12.5. The predicted octanol–water partition coefficient (Wildman–Crippen LogP) is 4.79. The number of hydrogen-bond acceptors (Lipinski definition) is 3. The molecule has 0 spiro atoms. The van der Waals surface area contributed by atoms with E-state index in [1.54, 1.807) is 23.5 Å². The summed E-state index contributed by atoms with van der Waals surface area (Å²) in [4.78, 5) is 5.75. The van der Waals surface area contributed by atoms with Gasteiger partial charge in [-0.25, -0.2) is 13.8 Å². The Morgan fingerprint density at radius 2 is 1.95 bits per heavy atom. The molecule has 5 heteroatoms. The average Bonchev–Trinajstić information content (AvgIpc) is 2.79. The van der Waals surface area contributed by atoms with Crippen LogP contribution in [0.4, 0.5) is 8.78 Å². The minimum absolute atomic E-state index is 0.0563. The number of benzene rings is 1. The molecule has 0 saturated heterocycles. The van der Waals surface area contributed by atoms with Gasteiger partial charge in [0, 0.05) is 10.4 Å². The molecule has 0 radical (unpaired) electrons. The lowest BCUT2D eigenvalue weighted by molar-refractivity contribution is 0.151. The Balaban J connectivity index is 2.37. The van der Waals surface area contributed by atoms with E-state index in [2.05, 4.69) is 17.2 Å². The van der Waals surface area contributed by atoms with Crippen molar-refractivity contribution in [3.8, 4) is 0 Å². The molecule has 1 N–H and O–H groups in total. The molecule has 0 aliphatic carbocycles. The fraction of sp³-hybridized carbons (Fsp3) is 0.438. The minimum atomic E-state index is -2.45. The Morgan fingerprint density at radius 3 is 2.52 bits per heavy atom. The lowest BCUT2D eigenvalue weighted by Crippen LogP contribution is -2.23. The number of aryl methyl sites for hydroxylation is 2. The van der Waals surface area contributed by atoms with E-state index in [0.29, 0.717) is 0 Å². The number of hydrogen-bond donors (Lipinski definition) is 1. The number of nitrogens with one attached hydrogen (secondary N) is 1. The maximum Gasteiger partial charge on any atom is 0.263 e. The molecular weight excluding hydrogens is 290 g/mol. The second kappa shape index (κ2) is 7.09. The molecule has 1 unspecified atom stereocenters. The monoisotopic (exact) mass is 310 g/mol. The van der Waals surface area contributed by atoms with Crippen LogP contribution in [-0.4, -0.2) is 11.5 Å². The SMILES string of the molecule is CCCNC(c1cccc(C(F)F)c1)c1nc(C)c(C)s1. The van der Waals surface area contributed by atoms with Crippen LogP contribution < -0.4 is 5.32 Å². The molecule has 1 aromatic carbocycles. The highest BCUT2D eigenvalue weighted by Crippen LogP contribution is 2.30. The molecule has 21 heavy (non-hydrogen) atoms. The second-order valence-electron chi connectivity index (χ2n) is 5.05. The average molecular weight is 310 g/mol.